The number of ether oxygens (including phenoxy) is 1. The highest BCUT2D eigenvalue weighted by molar-refractivity contribution is 5.91. The lowest BCUT2D eigenvalue weighted by atomic mass is 9.91. The van der Waals surface area contributed by atoms with Crippen LogP contribution in [0.5, 0.6) is 0 Å². The van der Waals surface area contributed by atoms with E-state index in [-0.39, 0.29) is 18.1 Å². The number of rotatable bonds is 3. The van der Waals surface area contributed by atoms with Crippen molar-refractivity contribution in [2.75, 3.05) is 40.4 Å². The van der Waals surface area contributed by atoms with Gasteiger partial charge in [0.25, 0.3) is 5.91 Å². The first-order chi connectivity index (χ1) is 11.1. The van der Waals surface area contributed by atoms with Crippen LogP contribution < -0.4 is 0 Å². The summed E-state index contributed by atoms with van der Waals surface area (Å²) in [5.41, 5.74) is 1.51. The van der Waals surface area contributed by atoms with Crippen LogP contribution in [0.4, 0.5) is 0 Å². The number of aromatic nitrogens is 1. The summed E-state index contributed by atoms with van der Waals surface area (Å²) in [6, 6.07) is 5.83. The lowest BCUT2D eigenvalue weighted by Crippen LogP contribution is -2.46. The SMILES string of the molecule is CN(C)C(=O)c1cccc(C2CCN([C@@H]3COC[C@H]3O)CC2)n1. The van der Waals surface area contributed by atoms with Gasteiger partial charge < -0.3 is 14.7 Å². The molecule has 6 heteroatoms. The number of hydrogen-bond acceptors (Lipinski definition) is 5. The fourth-order valence-corrected chi connectivity index (χ4v) is 3.43. The number of aliphatic hydroxyl groups excluding tert-OH is 1. The van der Waals surface area contributed by atoms with E-state index in [2.05, 4.69) is 9.88 Å². The molecule has 2 aliphatic heterocycles. The number of hydrogen-bond donors (Lipinski definition) is 1. The molecule has 1 aromatic rings. The number of pyridine rings is 1. The van der Waals surface area contributed by atoms with Crippen molar-refractivity contribution in [1.82, 2.24) is 14.8 Å². The Kier molecular flexibility index (Phi) is 4.94. The quantitative estimate of drug-likeness (QED) is 0.889. The normalized spacial score (nSPS) is 26.4. The predicted octanol–water partition coefficient (Wildman–Crippen LogP) is 0.722. The number of carbonyl (C=O) groups is 1. The standard InChI is InChI=1S/C17H25N3O3/c1-19(2)17(22)14-5-3-4-13(18-14)12-6-8-20(9-7-12)15-10-23-11-16(15)21/h3-5,12,15-16,21H,6-11H2,1-2H3/t15-,16-/m1/s1. The lowest BCUT2D eigenvalue weighted by Gasteiger charge is -2.36. The van der Waals surface area contributed by atoms with Gasteiger partial charge in [0.1, 0.15) is 5.69 Å². The van der Waals surface area contributed by atoms with E-state index < -0.39 is 0 Å². The molecular formula is C17H25N3O3. The predicted molar refractivity (Wildman–Crippen MR) is 86.4 cm³/mol. The van der Waals surface area contributed by atoms with Crippen LogP contribution in [-0.2, 0) is 4.74 Å². The summed E-state index contributed by atoms with van der Waals surface area (Å²) < 4.78 is 5.35. The molecule has 0 spiro atoms. The van der Waals surface area contributed by atoms with Crippen LogP contribution in [0.1, 0.15) is 34.9 Å². The minimum atomic E-state index is -0.370. The van der Waals surface area contributed by atoms with E-state index in [9.17, 15) is 9.90 Å². The lowest BCUT2D eigenvalue weighted by molar-refractivity contribution is 0.0659. The van der Waals surface area contributed by atoms with Crippen LogP contribution in [0.25, 0.3) is 0 Å². The van der Waals surface area contributed by atoms with Gasteiger partial charge in [-0.25, -0.2) is 4.98 Å². The van der Waals surface area contributed by atoms with Gasteiger partial charge in [-0.05, 0) is 38.1 Å². The molecule has 0 saturated carbocycles. The number of carbonyl (C=O) groups excluding carboxylic acids is 1. The van der Waals surface area contributed by atoms with Gasteiger partial charge >= 0.3 is 0 Å². The second kappa shape index (κ2) is 6.95. The number of nitrogens with zero attached hydrogens (tertiary/aromatic N) is 3. The molecule has 6 nitrogen and oxygen atoms in total. The Bertz CT molecular complexity index is 556. The van der Waals surface area contributed by atoms with Crippen LogP contribution >= 0.6 is 0 Å². The van der Waals surface area contributed by atoms with Gasteiger partial charge in [0.15, 0.2) is 0 Å². The first-order valence-corrected chi connectivity index (χ1v) is 8.24. The van der Waals surface area contributed by atoms with Crippen molar-refractivity contribution < 1.29 is 14.6 Å². The molecule has 23 heavy (non-hydrogen) atoms. The van der Waals surface area contributed by atoms with E-state index in [1.807, 2.05) is 12.1 Å². The maximum atomic E-state index is 12.1. The van der Waals surface area contributed by atoms with E-state index in [0.29, 0.717) is 24.8 Å². The summed E-state index contributed by atoms with van der Waals surface area (Å²) in [4.78, 5) is 20.5. The number of piperidine rings is 1. The molecule has 0 unspecified atom stereocenters. The summed E-state index contributed by atoms with van der Waals surface area (Å²) in [5.74, 6) is 0.316. The Balaban J connectivity index is 1.63. The van der Waals surface area contributed by atoms with E-state index >= 15 is 0 Å². The Hall–Kier alpha value is -1.50. The molecule has 0 radical (unpaired) electrons. The largest absolute Gasteiger partial charge is 0.389 e. The van der Waals surface area contributed by atoms with Crippen molar-refractivity contribution in [3.63, 3.8) is 0 Å². The molecule has 1 amide bonds. The van der Waals surface area contributed by atoms with Gasteiger partial charge in [-0.2, -0.15) is 0 Å². The van der Waals surface area contributed by atoms with Crippen LogP contribution in [0.3, 0.4) is 0 Å². The first kappa shape index (κ1) is 16.4. The van der Waals surface area contributed by atoms with Crippen molar-refractivity contribution >= 4 is 5.91 Å². The highest BCUT2D eigenvalue weighted by atomic mass is 16.5. The average Bonchev–Trinajstić information content (AvgIpc) is 3.00. The third kappa shape index (κ3) is 3.54. The second-order valence-electron chi connectivity index (χ2n) is 6.63. The van der Waals surface area contributed by atoms with Gasteiger partial charge in [-0.1, -0.05) is 6.07 Å². The van der Waals surface area contributed by atoms with Gasteiger partial charge in [-0.15, -0.1) is 0 Å². The summed E-state index contributed by atoms with van der Waals surface area (Å²) in [6.07, 6.45) is 1.62. The molecule has 3 rings (SSSR count). The van der Waals surface area contributed by atoms with Crippen LogP contribution in [0.15, 0.2) is 18.2 Å². The Labute approximate surface area is 137 Å². The fraction of sp³-hybridized carbons (Fsp3) is 0.647. The Morgan fingerprint density at radius 2 is 2.04 bits per heavy atom. The van der Waals surface area contributed by atoms with Crippen molar-refractivity contribution in [2.45, 2.75) is 30.9 Å². The molecule has 0 aliphatic carbocycles. The highest BCUT2D eigenvalue weighted by Crippen LogP contribution is 2.29. The molecular weight excluding hydrogens is 294 g/mol. The minimum absolute atomic E-state index is 0.0597. The molecule has 3 heterocycles. The van der Waals surface area contributed by atoms with E-state index in [0.717, 1.165) is 31.6 Å². The molecule has 0 aromatic carbocycles. The molecule has 2 atom stereocenters. The van der Waals surface area contributed by atoms with Gasteiger partial charge in [0.2, 0.25) is 0 Å². The van der Waals surface area contributed by atoms with E-state index in [1.54, 1.807) is 25.1 Å². The van der Waals surface area contributed by atoms with Crippen LogP contribution in [0, 0.1) is 0 Å². The van der Waals surface area contributed by atoms with Crippen molar-refractivity contribution in [3.8, 4) is 0 Å². The molecule has 126 valence electrons. The average molecular weight is 319 g/mol. The smallest absolute Gasteiger partial charge is 0.271 e. The molecule has 1 aromatic heterocycles. The highest BCUT2D eigenvalue weighted by Gasteiger charge is 2.34. The number of aliphatic hydroxyl groups is 1. The number of amides is 1. The summed E-state index contributed by atoms with van der Waals surface area (Å²) in [5, 5.41) is 9.95. The van der Waals surface area contributed by atoms with Crippen molar-refractivity contribution in [2.24, 2.45) is 0 Å². The first-order valence-electron chi connectivity index (χ1n) is 8.24. The molecule has 0 bridgehead atoms. The monoisotopic (exact) mass is 319 g/mol. The molecule has 1 N–H and O–H groups in total. The van der Waals surface area contributed by atoms with Crippen molar-refractivity contribution in [3.05, 3.63) is 29.6 Å². The fourth-order valence-electron chi connectivity index (χ4n) is 3.43. The molecule has 2 fully saturated rings. The Morgan fingerprint density at radius 3 is 2.65 bits per heavy atom. The van der Waals surface area contributed by atoms with Crippen LogP contribution in [-0.4, -0.2) is 78.3 Å². The zero-order valence-corrected chi connectivity index (χ0v) is 13.8. The molecule has 2 saturated heterocycles. The van der Waals surface area contributed by atoms with Gasteiger partial charge in [0, 0.05) is 25.7 Å². The molecule has 2 aliphatic rings. The Morgan fingerprint density at radius 1 is 1.30 bits per heavy atom. The van der Waals surface area contributed by atoms with Crippen LogP contribution in [0.2, 0.25) is 0 Å². The summed E-state index contributed by atoms with van der Waals surface area (Å²) in [7, 11) is 3.48. The topological polar surface area (TPSA) is 65.9 Å². The van der Waals surface area contributed by atoms with E-state index in [1.165, 1.54) is 0 Å². The minimum Gasteiger partial charge on any atom is -0.389 e. The zero-order chi connectivity index (χ0) is 16.4. The van der Waals surface area contributed by atoms with Crippen molar-refractivity contribution in [1.29, 1.82) is 0 Å². The van der Waals surface area contributed by atoms with E-state index in [4.69, 9.17) is 4.74 Å². The maximum Gasteiger partial charge on any atom is 0.271 e. The summed E-state index contributed by atoms with van der Waals surface area (Å²) >= 11 is 0. The zero-order valence-electron chi connectivity index (χ0n) is 13.8. The summed E-state index contributed by atoms with van der Waals surface area (Å²) in [6.45, 7) is 2.93. The van der Waals surface area contributed by atoms with Gasteiger partial charge in [-0.3, -0.25) is 9.69 Å². The third-order valence-corrected chi connectivity index (χ3v) is 4.83. The number of likely N-dealkylation sites (tertiary alicyclic amines) is 1. The third-order valence-electron chi connectivity index (χ3n) is 4.83. The van der Waals surface area contributed by atoms with Gasteiger partial charge in [0.05, 0.1) is 25.4 Å². The second-order valence-corrected chi connectivity index (χ2v) is 6.63. The maximum absolute atomic E-state index is 12.1.